The van der Waals surface area contributed by atoms with E-state index in [1.54, 1.807) is 24.5 Å². The van der Waals surface area contributed by atoms with Crippen molar-refractivity contribution in [1.29, 1.82) is 0 Å². The summed E-state index contributed by atoms with van der Waals surface area (Å²) in [5.74, 6) is 0.102. The highest BCUT2D eigenvalue weighted by molar-refractivity contribution is 6.32. The first kappa shape index (κ1) is 18.5. The molecule has 3 aromatic heterocycles. The lowest BCUT2D eigenvalue weighted by atomic mass is 10.2. The van der Waals surface area contributed by atoms with E-state index in [0.717, 1.165) is 0 Å². The van der Waals surface area contributed by atoms with Gasteiger partial charge in [-0.3, -0.25) is 14.5 Å². The second kappa shape index (κ2) is 8.43. The standard InChI is InChI=1S/C16H17ClN8O2/c17-11-6-20-16(22-10-5-21-25(7-10)8-14(18)27)24-15(11)23-13(9-26)12-3-1-2-4-19-12/h1-7,13,26H,8-9H2,(H2,18,27)(H2,20,22,23,24)/t13-/m1/s1. The number of rotatable bonds is 8. The number of carbonyl (C=O) groups excluding carboxylic acids is 1. The maximum atomic E-state index is 10.9. The number of hydrogen-bond donors (Lipinski definition) is 4. The zero-order valence-corrected chi connectivity index (χ0v) is 14.8. The fourth-order valence-corrected chi connectivity index (χ4v) is 2.44. The molecule has 0 radical (unpaired) electrons. The highest BCUT2D eigenvalue weighted by atomic mass is 35.5. The van der Waals surface area contributed by atoms with E-state index >= 15 is 0 Å². The normalized spacial score (nSPS) is 11.8. The lowest BCUT2D eigenvalue weighted by Crippen LogP contribution is -2.18. The van der Waals surface area contributed by atoms with Crippen LogP contribution in [0.2, 0.25) is 5.02 Å². The number of halogens is 1. The average Bonchev–Trinajstić information content (AvgIpc) is 3.09. The van der Waals surface area contributed by atoms with Gasteiger partial charge in [-0.1, -0.05) is 17.7 Å². The van der Waals surface area contributed by atoms with E-state index in [4.69, 9.17) is 17.3 Å². The van der Waals surface area contributed by atoms with Crippen LogP contribution in [0.3, 0.4) is 0 Å². The SMILES string of the molecule is NC(=O)Cn1cc(Nc2ncc(Cl)c(N[C@H](CO)c3ccccn3)n2)cn1. The molecule has 0 aromatic carbocycles. The van der Waals surface area contributed by atoms with Crippen molar-refractivity contribution in [3.63, 3.8) is 0 Å². The first-order valence-electron chi connectivity index (χ1n) is 7.94. The van der Waals surface area contributed by atoms with Crippen molar-refractivity contribution in [2.45, 2.75) is 12.6 Å². The number of aromatic nitrogens is 5. The number of aliphatic hydroxyl groups is 1. The molecule has 3 heterocycles. The van der Waals surface area contributed by atoms with E-state index < -0.39 is 11.9 Å². The molecule has 0 aliphatic rings. The number of carbonyl (C=O) groups is 1. The smallest absolute Gasteiger partial charge is 0.239 e. The Labute approximate surface area is 159 Å². The third-order valence-electron chi connectivity index (χ3n) is 3.49. The first-order chi connectivity index (χ1) is 13.0. The highest BCUT2D eigenvalue weighted by Gasteiger charge is 2.15. The molecule has 0 bridgehead atoms. The van der Waals surface area contributed by atoms with Gasteiger partial charge in [0.1, 0.15) is 11.6 Å². The monoisotopic (exact) mass is 388 g/mol. The lowest BCUT2D eigenvalue weighted by Gasteiger charge is -2.17. The summed E-state index contributed by atoms with van der Waals surface area (Å²) < 4.78 is 1.39. The van der Waals surface area contributed by atoms with Crippen LogP contribution in [0, 0.1) is 0 Å². The minimum Gasteiger partial charge on any atom is -0.394 e. The Hall–Kier alpha value is -3.24. The Morgan fingerprint density at radius 3 is 2.89 bits per heavy atom. The number of pyridine rings is 1. The van der Waals surface area contributed by atoms with Crippen LogP contribution in [-0.4, -0.2) is 42.4 Å². The zero-order valence-electron chi connectivity index (χ0n) is 14.1. The molecule has 0 saturated heterocycles. The maximum Gasteiger partial charge on any atom is 0.239 e. The number of nitrogens with one attached hydrogen (secondary N) is 2. The molecule has 1 atom stereocenters. The molecule has 3 aromatic rings. The number of amides is 1. The van der Waals surface area contributed by atoms with Gasteiger partial charge in [0.2, 0.25) is 11.9 Å². The van der Waals surface area contributed by atoms with Crippen molar-refractivity contribution in [2.24, 2.45) is 5.73 Å². The van der Waals surface area contributed by atoms with E-state index in [1.807, 2.05) is 6.07 Å². The molecule has 11 heteroatoms. The van der Waals surface area contributed by atoms with Gasteiger partial charge in [-0.2, -0.15) is 10.1 Å². The van der Waals surface area contributed by atoms with Crippen molar-refractivity contribution in [1.82, 2.24) is 24.7 Å². The van der Waals surface area contributed by atoms with Crippen molar-refractivity contribution in [3.05, 3.63) is 53.7 Å². The molecule has 27 heavy (non-hydrogen) atoms. The summed E-state index contributed by atoms with van der Waals surface area (Å²) in [7, 11) is 0. The van der Waals surface area contributed by atoms with Crippen LogP contribution in [0.15, 0.2) is 43.0 Å². The third-order valence-corrected chi connectivity index (χ3v) is 3.77. The predicted octanol–water partition coefficient (Wildman–Crippen LogP) is 1.10. The number of hydrogen-bond acceptors (Lipinski definition) is 8. The van der Waals surface area contributed by atoms with Crippen LogP contribution in [-0.2, 0) is 11.3 Å². The van der Waals surface area contributed by atoms with E-state index in [2.05, 4.69) is 30.7 Å². The number of anilines is 3. The second-order valence-electron chi connectivity index (χ2n) is 5.54. The number of aliphatic hydroxyl groups excluding tert-OH is 1. The van der Waals surface area contributed by atoms with E-state index in [-0.39, 0.29) is 19.1 Å². The van der Waals surface area contributed by atoms with Crippen LogP contribution < -0.4 is 16.4 Å². The van der Waals surface area contributed by atoms with Crippen molar-refractivity contribution < 1.29 is 9.90 Å². The number of primary amides is 1. The molecule has 0 aliphatic heterocycles. The third kappa shape index (κ3) is 4.90. The van der Waals surface area contributed by atoms with Gasteiger partial charge in [0.15, 0.2) is 5.82 Å². The van der Waals surface area contributed by atoms with Crippen LogP contribution in [0.4, 0.5) is 17.5 Å². The molecule has 0 saturated carbocycles. The van der Waals surface area contributed by atoms with E-state index in [0.29, 0.717) is 22.2 Å². The van der Waals surface area contributed by atoms with Gasteiger partial charge in [-0.05, 0) is 12.1 Å². The van der Waals surface area contributed by atoms with Crippen molar-refractivity contribution in [3.8, 4) is 0 Å². The summed E-state index contributed by atoms with van der Waals surface area (Å²) in [6.07, 6.45) is 6.18. The molecule has 3 rings (SSSR count). The van der Waals surface area contributed by atoms with Gasteiger partial charge in [-0.25, -0.2) is 4.98 Å². The van der Waals surface area contributed by atoms with E-state index in [1.165, 1.54) is 17.1 Å². The molecule has 0 spiro atoms. The lowest BCUT2D eigenvalue weighted by molar-refractivity contribution is -0.118. The fourth-order valence-electron chi connectivity index (χ4n) is 2.29. The molecule has 0 unspecified atom stereocenters. The van der Waals surface area contributed by atoms with Crippen LogP contribution in [0.5, 0.6) is 0 Å². The Bertz CT molecular complexity index is 918. The Morgan fingerprint density at radius 2 is 2.19 bits per heavy atom. The quantitative estimate of drug-likeness (QED) is 0.449. The van der Waals surface area contributed by atoms with Crippen LogP contribution in [0.25, 0.3) is 0 Å². The average molecular weight is 389 g/mol. The summed E-state index contributed by atoms with van der Waals surface area (Å²) >= 11 is 6.16. The van der Waals surface area contributed by atoms with Gasteiger partial charge in [0, 0.05) is 12.4 Å². The van der Waals surface area contributed by atoms with Gasteiger partial charge < -0.3 is 21.5 Å². The van der Waals surface area contributed by atoms with Crippen molar-refractivity contribution >= 4 is 35.0 Å². The Morgan fingerprint density at radius 1 is 1.33 bits per heavy atom. The molecule has 10 nitrogen and oxygen atoms in total. The summed E-state index contributed by atoms with van der Waals surface area (Å²) in [5.41, 5.74) is 6.36. The molecular weight excluding hydrogens is 372 g/mol. The largest absolute Gasteiger partial charge is 0.394 e. The minimum absolute atomic E-state index is 0.0295. The fraction of sp³-hybridized carbons (Fsp3) is 0.188. The molecule has 0 aliphatic carbocycles. The molecule has 5 N–H and O–H groups in total. The number of nitrogens with two attached hydrogens (primary N) is 1. The van der Waals surface area contributed by atoms with Crippen molar-refractivity contribution in [2.75, 3.05) is 17.2 Å². The molecule has 1 amide bonds. The van der Waals surface area contributed by atoms with Gasteiger partial charge in [0.25, 0.3) is 0 Å². The van der Waals surface area contributed by atoms with Gasteiger partial charge in [-0.15, -0.1) is 0 Å². The summed E-state index contributed by atoms with van der Waals surface area (Å²) in [6.45, 7) is -0.224. The van der Waals surface area contributed by atoms with Crippen LogP contribution in [0.1, 0.15) is 11.7 Å². The highest BCUT2D eigenvalue weighted by Crippen LogP contribution is 2.25. The predicted molar refractivity (Wildman–Crippen MR) is 99.4 cm³/mol. The molecule has 140 valence electrons. The first-order valence-corrected chi connectivity index (χ1v) is 8.31. The molecule has 0 fully saturated rings. The number of nitrogens with zero attached hydrogens (tertiary/aromatic N) is 5. The topological polar surface area (TPSA) is 144 Å². The minimum atomic E-state index is -0.497. The second-order valence-corrected chi connectivity index (χ2v) is 5.95. The maximum absolute atomic E-state index is 10.9. The molecular formula is C16H17ClN8O2. The van der Waals surface area contributed by atoms with Crippen LogP contribution >= 0.6 is 11.6 Å². The summed E-state index contributed by atoms with van der Waals surface area (Å²) in [6, 6.07) is 4.92. The Balaban J connectivity index is 1.75. The zero-order chi connectivity index (χ0) is 19.2. The summed E-state index contributed by atoms with van der Waals surface area (Å²) in [4.78, 5) is 23.6. The van der Waals surface area contributed by atoms with E-state index in [9.17, 15) is 9.90 Å². The Kier molecular flexibility index (Phi) is 5.79. The summed E-state index contributed by atoms with van der Waals surface area (Å²) in [5, 5.41) is 20.0. The van der Waals surface area contributed by atoms with Gasteiger partial charge >= 0.3 is 0 Å². The van der Waals surface area contributed by atoms with Gasteiger partial charge in [0.05, 0.1) is 36.4 Å².